The van der Waals surface area contributed by atoms with Crippen LogP contribution in [0.5, 0.6) is 0 Å². The maximum Gasteiger partial charge on any atom is 0.0641 e. The highest BCUT2D eigenvalue weighted by atomic mass is 15.0. The number of nitrogens with zero attached hydrogens (tertiary/aromatic N) is 1. The van der Waals surface area contributed by atoms with E-state index in [4.69, 9.17) is 5.26 Å². The van der Waals surface area contributed by atoms with Crippen molar-refractivity contribution in [1.29, 1.82) is 5.26 Å². The van der Waals surface area contributed by atoms with Gasteiger partial charge in [0.2, 0.25) is 0 Å². The SMILES string of the molecule is CC1CC(C)CC(NC(CC#N)c2ccccc2)C1. The number of nitriles is 1. The van der Waals surface area contributed by atoms with Crippen molar-refractivity contribution >= 4 is 0 Å². The predicted molar refractivity (Wildman–Crippen MR) is 78.5 cm³/mol. The quantitative estimate of drug-likeness (QED) is 0.882. The minimum Gasteiger partial charge on any atom is -0.306 e. The van der Waals surface area contributed by atoms with Gasteiger partial charge in [0.05, 0.1) is 12.5 Å². The van der Waals surface area contributed by atoms with Gasteiger partial charge >= 0.3 is 0 Å². The largest absolute Gasteiger partial charge is 0.306 e. The molecule has 1 aliphatic rings. The molecule has 2 heteroatoms. The lowest BCUT2D eigenvalue weighted by atomic mass is 9.80. The Morgan fingerprint density at radius 1 is 1.16 bits per heavy atom. The highest BCUT2D eigenvalue weighted by Crippen LogP contribution is 2.30. The summed E-state index contributed by atoms with van der Waals surface area (Å²) >= 11 is 0. The third-order valence-electron chi connectivity index (χ3n) is 4.11. The van der Waals surface area contributed by atoms with Gasteiger partial charge in [-0.25, -0.2) is 0 Å². The van der Waals surface area contributed by atoms with Gasteiger partial charge in [-0.1, -0.05) is 44.2 Å². The van der Waals surface area contributed by atoms with E-state index < -0.39 is 0 Å². The van der Waals surface area contributed by atoms with Crippen LogP contribution in [0.25, 0.3) is 0 Å². The summed E-state index contributed by atoms with van der Waals surface area (Å²) in [4.78, 5) is 0. The molecular weight excluding hydrogens is 232 g/mol. The maximum absolute atomic E-state index is 9.04. The molecule has 0 radical (unpaired) electrons. The van der Waals surface area contributed by atoms with Gasteiger partial charge in [0.15, 0.2) is 0 Å². The molecule has 1 fully saturated rings. The second-order valence-corrected chi connectivity index (χ2v) is 6.11. The fourth-order valence-corrected chi connectivity index (χ4v) is 3.42. The first kappa shape index (κ1) is 14.1. The molecule has 0 aliphatic heterocycles. The zero-order valence-electron chi connectivity index (χ0n) is 12.0. The van der Waals surface area contributed by atoms with Crippen LogP contribution in [0.2, 0.25) is 0 Å². The molecular formula is C17H24N2. The first-order valence-corrected chi connectivity index (χ1v) is 7.37. The van der Waals surface area contributed by atoms with Crippen molar-refractivity contribution in [2.24, 2.45) is 11.8 Å². The summed E-state index contributed by atoms with van der Waals surface area (Å²) in [6.07, 6.45) is 4.36. The lowest BCUT2D eigenvalue weighted by Gasteiger charge is -2.34. The Hall–Kier alpha value is -1.33. The lowest BCUT2D eigenvalue weighted by molar-refractivity contribution is 0.226. The zero-order valence-corrected chi connectivity index (χ0v) is 12.0. The van der Waals surface area contributed by atoms with Crippen molar-refractivity contribution in [3.8, 4) is 6.07 Å². The smallest absolute Gasteiger partial charge is 0.0641 e. The Labute approximate surface area is 116 Å². The molecule has 0 amide bonds. The van der Waals surface area contributed by atoms with E-state index in [9.17, 15) is 0 Å². The zero-order chi connectivity index (χ0) is 13.7. The Bertz CT molecular complexity index is 411. The normalized spacial score (nSPS) is 28.6. The monoisotopic (exact) mass is 256 g/mol. The van der Waals surface area contributed by atoms with Gasteiger partial charge in [0, 0.05) is 12.1 Å². The number of hydrogen-bond acceptors (Lipinski definition) is 2. The van der Waals surface area contributed by atoms with Crippen LogP contribution in [0.1, 0.15) is 51.1 Å². The molecule has 3 unspecified atom stereocenters. The van der Waals surface area contributed by atoms with Gasteiger partial charge in [0.25, 0.3) is 0 Å². The van der Waals surface area contributed by atoms with E-state index >= 15 is 0 Å². The predicted octanol–water partition coefficient (Wildman–Crippen LogP) is 4.06. The van der Waals surface area contributed by atoms with Gasteiger partial charge in [-0.05, 0) is 36.7 Å². The number of rotatable bonds is 4. The van der Waals surface area contributed by atoms with Crippen molar-refractivity contribution < 1.29 is 0 Å². The highest BCUT2D eigenvalue weighted by molar-refractivity contribution is 5.20. The van der Waals surface area contributed by atoms with Crippen LogP contribution in [0.4, 0.5) is 0 Å². The summed E-state index contributed by atoms with van der Waals surface area (Å²) in [5, 5.41) is 12.8. The van der Waals surface area contributed by atoms with Crippen LogP contribution in [0.15, 0.2) is 30.3 Å². The molecule has 1 aromatic carbocycles. The Balaban J connectivity index is 2.03. The van der Waals surface area contributed by atoms with Crippen molar-refractivity contribution in [1.82, 2.24) is 5.32 Å². The van der Waals surface area contributed by atoms with E-state index in [0.717, 1.165) is 11.8 Å². The van der Waals surface area contributed by atoms with E-state index in [1.165, 1.54) is 24.8 Å². The molecule has 0 bridgehead atoms. The lowest BCUT2D eigenvalue weighted by Crippen LogP contribution is -2.38. The van der Waals surface area contributed by atoms with Gasteiger partial charge in [-0.3, -0.25) is 0 Å². The molecule has 0 heterocycles. The summed E-state index contributed by atoms with van der Waals surface area (Å²) in [6, 6.07) is 13.4. The number of benzene rings is 1. The first-order valence-electron chi connectivity index (χ1n) is 7.37. The minimum absolute atomic E-state index is 0.175. The summed E-state index contributed by atoms with van der Waals surface area (Å²) in [7, 11) is 0. The minimum atomic E-state index is 0.175. The molecule has 102 valence electrons. The van der Waals surface area contributed by atoms with Crippen LogP contribution >= 0.6 is 0 Å². The summed E-state index contributed by atoms with van der Waals surface area (Å²) in [5.74, 6) is 1.58. The van der Waals surface area contributed by atoms with Gasteiger partial charge in [0.1, 0.15) is 0 Å². The van der Waals surface area contributed by atoms with E-state index in [2.05, 4.69) is 37.4 Å². The third-order valence-corrected chi connectivity index (χ3v) is 4.11. The Kier molecular flexibility index (Phi) is 4.99. The maximum atomic E-state index is 9.04. The van der Waals surface area contributed by atoms with E-state index in [1.54, 1.807) is 0 Å². The van der Waals surface area contributed by atoms with E-state index in [0.29, 0.717) is 12.5 Å². The average molecular weight is 256 g/mol. The first-order chi connectivity index (χ1) is 9.19. The molecule has 1 N–H and O–H groups in total. The standard InChI is InChI=1S/C17H24N2/c1-13-10-14(2)12-16(11-13)19-17(8-9-18)15-6-4-3-5-7-15/h3-7,13-14,16-17,19H,8,10-12H2,1-2H3. The summed E-state index contributed by atoms with van der Waals surface area (Å²) in [5.41, 5.74) is 1.23. The van der Waals surface area contributed by atoms with Gasteiger partial charge in [-0.2, -0.15) is 5.26 Å². The van der Waals surface area contributed by atoms with Crippen molar-refractivity contribution in [3.63, 3.8) is 0 Å². The average Bonchev–Trinajstić information content (AvgIpc) is 2.38. The van der Waals surface area contributed by atoms with E-state index in [-0.39, 0.29) is 6.04 Å². The van der Waals surface area contributed by atoms with Crippen molar-refractivity contribution in [2.75, 3.05) is 0 Å². The highest BCUT2D eigenvalue weighted by Gasteiger charge is 2.26. The molecule has 19 heavy (non-hydrogen) atoms. The van der Waals surface area contributed by atoms with E-state index in [1.807, 2.05) is 18.2 Å². The molecule has 0 saturated heterocycles. The number of nitrogens with one attached hydrogen (secondary N) is 1. The van der Waals surface area contributed by atoms with Crippen molar-refractivity contribution in [3.05, 3.63) is 35.9 Å². The molecule has 1 aliphatic carbocycles. The fourth-order valence-electron chi connectivity index (χ4n) is 3.42. The topological polar surface area (TPSA) is 35.8 Å². The second-order valence-electron chi connectivity index (χ2n) is 6.11. The van der Waals surface area contributed by atoms with Crippen LogP contribution in [-0.2, 0) is 0 Å². The molecule has 0 aromatic heterocycles. The van der Waals surface area contributed by atoms with Gasteiger partial charge < -0.3 is 5.32 Å². The molecule has 2 nitrogen and oxygen atoms in total. The third kappa shape index (κ3) is 4.08. The summed E-state index contributed by atoms with van der Waals surface area (Å²) in [6.45, 7) is 4.68. The van der Waals surface area contributed by atoms with Crippen LogP contribution in [0.3, 0.4) is 0 Å². The van der Waals surface area contributed by atoms with Crippen LogP contribution in [-0.4, -0.2) is 6.04 Å². The number of hydrogen-bond donors (Lipinski definition) is 1. The summed E-state index contributed by atoms with van der Waals surface area (Å²) < 4.78 is 0. The van der Waals surface area contributed by atoms with Gasteiger partial charge in [-0.15, -0.1) is 0 Å². The molecule has 1 saturated carbocycles. The molecule has 0 spiro atoms. The molecule has 3 atom stereocenters. The van der Waals surface area contributed by atoms with Crippen LogP contribution < -0.4 is 5.32 Å². The molecule has 2 rings (SSSR count). The Morgan fingerprint density at radius 2 is 1.79 bits per heavy atom. The molecule has 1 aromatic rings. The second kappa shape index (κ2) is 6.73. The Morgan fingerprint density at radius 3 is 2.37 bits per heavy atom. The van der Waals surface area contributed by atoms with Crippen molar-refractivity contribution in [2.45, 2.75) is 51.6 Å². The van der Waals surface area contributed by atoms with Crippen LogP contribution in [0, 0.1) is 23.2 Å². The fraction of sp³-hybridized carbons (Fsp3) is 0.588.